The number of hydrogen-bond donors (Lipinski definition) is 2. The van der Waals surface area contributed by atoms with E-state index in [-0.39, 0.29) is 11.4 Å². The molecule has 0 aliphatic heterocycles. The second kappa shape index (κ2) is 6.61. The highest BCUT2D eigenvalue weighted by Crippen LogP contribution is 2.19. The molecule has 0 saturated carbocycles. The van der Waals surface area contributed by atoms with Crippen molar-refractivity contribution < 1.29 is 21.2 Å². The lowest BCUT2D eigenvalue weighted by Crippen LogP contribution is -2.26. The van der Waals surface area contributed by atoms with E-state index in [4.69, 9.17) is 5.73 Å². The second-order valence-electron chi connectivity index (χ2n) is 4.26. The summed E-state index contributed by atoms with van der Waals surface area (Å²) in [6.07, 6.45) is 2.07. The first-order valence-corrected chi connectivity index (χ1v) is 9.25. The fraction of sp³-hybridized carbons (Fsp3) is 0.455. The Morgan fingerprint density at radius 3 is 2.40 bits per heavy atom. The zero-order valence-corrected chi connectivity index (χ0v) is 12.6. The minimum atomic E-state index is -4.08. The van der Waals surface area contributed by atoms with Crippen molar-refractivity contribution in [1.29, 1.82) is 0 Å². The molecule has 0 amide bonds. The van der Waals surface area contributed by atoms with Gasteiger partial charge < -0.3 is 5.73 Å². The predicted octanol–water partition coefficient (Wildman–Crippen LogP) is 0.246. The molecule has 6 nitrogen and oxygen atoms in total. The fourth-order valence-corrected chi connectivity index (χ4v) is 3.37. The Morgan fingerprint density at radius 1 is 1.20 bits per heavy atom. The molecular weight excluding hydrogens is 307 g/mol. The molecule has 0 bridgehead atoms. The van der Waals surface area contributed by atoms with Crippen molar-refractivity contribution in [2.24, 2.45) is 5.73 Å². The number of nitrogens with two attached hydrogens (primary N) is 1. The van der Waals surface area contributed by atoms with E-state index in [0.29, 0.717) is 19.4 Å². The van der Waals surface area contributed by atoms with Crippen LogP contribution in [0.3, 0.4) is 0 Å². The van der Waals surface area contributed by atoms with Gasteiger partial charge in [-0.2, -0.15) is 0 Å². The average Bonchev–Trinajstić information content (AvgIpc) is 2.33. The first-order valence-electron chi connectivity index (χ1n) is 5.88. The van der Waals surface area contributed by atoms with Crippen molar-refractivity contribution in [2.75, 3.05) is 19.3 Å². The van der Waals surface area contributed by atoms with Crippen LogP contribution < -0.4 is 10.5 Å². The van der Waals surface area contributed by atoms with Crippen LogP contribution in [0.1, 0.15) is 12.8 Å². The summed E-state index contributed by atoms with van der Waals surface area (Å²) in [5.74, 6) is -0.997. The third-order valence-corrected chi connectivity index (χ3v) is 5.13. The van der Waals surface area contributed by atoms with Crippen LogP contribution in [0.15, 0.2) is 28.0 Å². The summed E-state index contributed by atoms with van der Waals surface area (Å²) < 4.78 is 62.4. The molecular formula is C11H17FN2O4S2. The molecule has 0 fully saturated rings. The van der Waals surface area contributed by atoms with Crippen LogP contribution in [0, 0.1) is 5.82 Å². The summed E-state index contributed by atoms with van der Waals surface area (Å²) in [4.78, 5) is -0.922. The lowest BCUT2D eigenvalue weighted by Gasteiger charge is -2.08. The van der Waals surface area contributed by atoms with Crippen molar-refractivity contribution in [2.45, 2.75) is 22.6 Å². The summed E-state index contributed by atoms with van der Waals surface area (Å²) in [7, 11) is -7.69. The van der Waals surface area contributed by atoms with Crippen LogP contribution in [0.25, 0.3) is 0 Å². The summed E-state index contributed by atoms with van der Waals surface area (Å²) in [5, 5.41) is 0. The zero-order valence-electron chi connectivity index (χ0n) is 11.0. The maximum atomic E-state index is 13.6. The predicted molar refractivity (Wildman–Crippen MR) is 73.0 cm³/mol. The van der Waals surface area contributed by atoms with Gasteiger partial charge in [-0.05, 0) is 37.6 Å². The Kier molecular flexibility index (Phi) is 5.63. The highest BCUT2D eigenvalue weighted by molar-refractivity contribution is 7.91. The molecule has 1 aromatic carbocycles. The molecule has 20 heavy (non-hydrogen) atoms. The Bertz CT molecular complexity index is 672. The molecule has 114 valence electrons. The van der Waals surface area contributed by atoms with Crippen LogP contribution in [0.4, 0.5) is 4.39 Å². The molecule has 0 spiro atoms. The van der Waals surface area contributed by atoms with E-state index in [0.717, 1.165) is 24.5 Å². The van der Waals surface area contributed by atoms with Gasteiger partial charge in [0, 0.05) is 12.8 Å². The molecule has 1 aromatic rings. The number of sulfone groups is 1. The standard InChI is InChI=1S/C11H17FN2O4S2/c1-19(15,16)9-4-5-10(12)11(8-9)20(17,18)14-7-3-2-6-13/h4-5,8,14H,2-3,6-7,13H2,1H3. The van der Waals surface area contributed by atoms with Crippen LogP contribution in [0.5, 0.6) is 0 Å². The van der Waals surface area contributed by atoms with E-state index in [2.05, 4.69) is 4.72 Å². The summed E-state index contributed by atoms with van der Waals surface area (Å²) >= 11 is 0. The number of benzene rings is 1. The van der Waals surface area contributed by atoms with Gasteiger partial charge in [-0.1, -0.05) is 0 Å². The minimum absolute atomic E-state index is 0.113. The summed E-state index contributed by atoms with van der Waals surface area (Å²) in [5.41, 5.74) is 5.28. The Balaban J connectivity index is 3.05. The lowest BCUT2D eigenvalue weighted by atomic mass is 10.3. The van der Waals surface area contributed by atoms with Crippen LogP contribution in [0.2, 0.25) is 0 Å². The largest absolute Gasteiger partial charge is 0.330 e. The van der Waals surface area contributed by atoms with E-state index in [1.165, 1.54) is 0 Å². The Labute approximate surface area is 118 Å². The monoisotopic (exact) mass is 324 g/mol. The van der Waals surface area contributed by atoms with Crippen molar-refractivity contribution in [3.63, 3.8) is 0 Å². The number of sulfonamides is 1. The maximum Gasteiger partial charge on any atom is 0.243 e. The quantitative estimate of drug-likeness (QED) is 0.552. The molecule has 0 aliphatic carbocycles. The molecule has 1 rings (SSSR count). The van der Waals surface area contributed by atoms with Crippen molar-refractivity contribution in [1.82, 2.24) is 4.72 Å². The zero-order chi connectivity index (χ0) is 15.4. The second-order valence-corrected chi connectivity index (χ2v) is 8.01. The SMILES string of the molecule is CS(=O)(=O)c1ccc(F)c(S(=O)(=O)NCCCCN)c1. The number of rotatable bonds is 7. The van der Waals surface area contributed by atoms with Crippen molar-refractivity contribution in [3.05, 3.63) is 24.0 Å². The topological polar surface area (TPSA) is 106 Å². The highest BCUT2D eigenvalue weighted by Gasteiger charge is 2.21. The van der Waals surface area contributed by atoms with Gasteiger partial charge in [0.25, 0.3) is 0 Å². The van der Waals surface area contributed by atoms with E-state index >= 15 is 0 Å². The van der Waals surface area contributed by atoms with Crippen LogP contribution >= 0.6 is 0 Å². The number of nitrogens with one attached hydrogen (secondary N) is 1. The van der Waals surface area contributed by atoms with E-state index in [1.807, 2.05) is 0 Å². The van der Waals surface area contributed by atoms with Gasteiger partial charge in [0.15, 0.2) is 9.84 Å². The number of hydrogen-bond acceptors (Lipinski definition) is 5. The van der Waals surface area contributed by atoms with E-state index < -0.39 is 30.6 Å². The molecule has 9 heteroatoms. The smallest absolute Gasteiger partial charge is 0.243 e. The van der Waals surface area contributed by atoms with Gasteiger partial charge in [-0.15, -0.1) is 0 Å². The Hall–Kier alpha value is -1.03. The molecule has 0 atom stereocenters. The van der Waals surface area contributed by atoms with Gasteiger partial charge in [0.2, 0.25) is 10.0 Å². The molecule has 3 N–H and O–H groups in total. The third-order valence-electron chi connectivity index (χ3n) is 2.54. The van der Waals surface area contributed by atoms with Crippen LogP contribution in [-0.4, -0.2) is 36.2 Å². The van der Waals surface area contributed by atoms with E-state index in [1.54, 1.807) is 0 Å². The highest BCUT2D eigenvalue weighted by atomic mass is 32.2. The molecule has 0 radical (unpaired) electrons. The van der Waals surface area contributed by atoms with Gasteiger partial charge in [-0.3, -0.25) is 0 Å². The number of unbranched alkanes of at least 4 members (excludes halogenated alkanes) is 1. The maximum absolute atomic E-state index is 13.6. The Morgan fingerprint density at radius 2 is 1.85 bits per heavy atom. The molecule has 0 aliphatic rings. The molecule has 0 saturated heterocycles. The van der Waals surface area contributed by atoms with Crippen LogP contribution in [-0.2, 0) is 19.9 Å². The van der Waals surface area contributed by atoms with Gasteiger partial charge in [0.1, 0.15) is 10.7 Å². The first-order chi connectivity index (χ1) is 9.18. The van der Waals surface area contributed by atoms with Gasteiger partial charge >= 0.3 is 0 Å². The van der Waals surface area contributed by atoms with Crippen molar-refractivity contribution in [3.8, 4) is 0 Å². The summed E-state index contributed by atoms with van der Waals surface area (Å²) in [6.45, 7) is 0.543. The molecule has 0 unspecified atom stereocenters. The van der Waals surface area contributed by atoms with E-state index in [9.17, 15) is 21.2 Å². The first kappa shape index (κ1) is 17.0. The van der Waals surface area contributed by atoms with Crippen molar-refractivity contribution >= 4 is 19.9 Å². The third kappa shape index (κ3) is 4.51. The molecule has 0 aromatic heterocycles. The van der Waals surface area contributed by atoms with Gasteiger partial charge in [-0.25, -0.2) is 25.9 Å². The minimum Gasteiger partial charge on any atom is -0.330 e. The normalized spacial score (nSPS) is 12.6. The average molecular weight is 324 g/mol. The summed E-state index contributed by atoms with van der Waals surface area (Å²) in [6, 6.07) is 2.67. The van der Waals surface area contributed by atoms with Gasteiger partial charge in [0.05, 0.1) is 4.90 Å². The molecule has 0 heterocycles. The fourth-order valence-electron chi connectivity index (χ4n) is 1.47. The number of halogens is 1. The lowest BCUT2D eigenvalue weighted by molar-refractivity contribution is 0.552.